The van der Waals surface area contributed by atoms with E-state index in [9.17, 15) is 14.4 Å². The number of ether oxygens (including phenoxy) is 1. The van der Waals surface area contributed by atoms with Crippen LogP contribution in [0.2, 0.25) is 10.0 Å². The van der Waals surface area contributed by atoms with Gasteiger partial charge in [-0.2, -0.15) is 5.11 Å². The lowest BCUT2D eigenvalue weighted by Gasteiger charge is -2.20. The molecule has 1 saturated heterocycles. The summed E-state index contributed by atoms with van der Waals surface area (Å²) in [7, 11) is 1.52. The molecule has 0 aromatic heterocycles. The molecule has 154 valence electrons. The van der Waals surface area contributed by atoms with Gasteiger partial charge < -0.3 is 10.1 Å². The fourth-order valence-electron chi connectivity index (χ4n) is 3.27. The van der Waals surface area contributed by atoms with Crippen LogP contribution in [0.15, 0.2) is 52.8 Å². The van der Waals surface area contributed by atoms with Crippen LogP contribution < -0.4 is 15.0 Å². The normalized spacial score (nSPS) is 20.0. The number of halogens is 2. The third kappa shape index (κ3) is 3.57. The van der Waals surface area contributed by atoms with E-state index in [0.717, 1.165) is 4.90 Å². The van der Waals surface area contributed by atoms with Gasteiger partial charge in [-0.1, -0.05) is 28.4 Å². The highest BCUT2D eigenvalue weighted by atomic mass is 35.5. The number of nitrogens with zero attached hydrogens (tertiary/aromatic N) is 4. The van der Waals surface area contributed by atoms with Crippen molar-refractivity contribution in [2.24, 2.45) is 10.3 Å². The lowest BCUT2D eigenvalue weighted by molar-refractivity contribution is -0.123. The van der Waals surface area contributed by atoms with Crippen molar-refractivity contribution in [2.75, 3.05) is 23.9 Å². The van der Waals surface area contributed by atoms with Crippen LogP contribution in [0.4, 0.5) is 11.4 Å². The summed E-state index contributed by atoms with van der Waals surface area (Å²) in [6.07, 6.45) is 0. The molecule has 0 radical (unpaired) electrons. The average molecular weight is 448 g/mol. The predicted molar refractivity (Wildman–Crippen MR) is 110 cm³/mol. The van der Waals surface area contributed by atoms with E-state index in [0.29, 0.717) is 22.1 Å². The molecule has 0 saturated carbocycles. The standard InChI is InChI=1S/C19H15Cl2N5O4/c1-30-12-5-3-11(4-6-12)26-18(28)16-17(19(26)29)25(24-23-16)9-15(27)22-14-7-2-10(20)8-13(14)21/h2-8,16-17H,9H2,1H3,(H,22,27)/t16-,17+/m1/s1. The highest BCUT2D eigenvalue weighted by molar-refractivity contribution is 6.36. The van der Waals surface area contributed by atoms with Gasteiger partial charge in [-0.15, -0.1) is 0 Å². The molecule has 3 amide bonds. The number of nitrogens with one attached hydrogen (secondary N) is 1. The first-order valence-electron chi connectivity index (χ1n) is 8.83. The van der Waals surface area contributed by atoms with Crippen LogP contribution in [0, 0.1) is 0 Å². The molecule has 0 unspecified atom stereocenters. The number of benzene rings is 2. The number of hydrogen-bond donors (Lipinski definition) is 1. The van der Waals surface area contributed by atoms with Gasteiger partial charge in [0.25, 0.3) is 11.8 Å². The van der Waals surface area contributed by atoms with Crippen molar-refractivity contribution in [1.29, 1.82) is 0 Å². The Kier molecular flexibility index (Phi) is 5.31. The van der Waals surface area contributed by atoms with Crippen LogP contribution >= 0.6 is 23.2 Å². The topological polar surface area (TPSA) is 104 Å². The molecule has 9 nitrogen and oxygen atoms in total. The number of fused-ring (bicyclic) bond motifs is 1. The Morgan fingerprint density at radius 1 is 1.13 bits per heavy atom. The Hall–Kier alpha value is -3.17. The number of amides is 3. The average Bonchev–Trinajstić information content (AvgIpc) is 3.24. The molecule has 11 heteroatoms. The van der Waals surface area contributed by atoms with Crippen molar-refractivity contribution in [3.05, 3.63) is 52.5 Å². The molecule has 0 bridgehead atoms. The van der Waals surface area contributed by atoms with Crippen molar-refractivity contribution in [1.82, 2.24) is 5.01 Å². The van der Waals surface area contributed by atoms with E-state index in [1.54, 1.807) is 36.4 Å². The van der Waals surface area contributed by atoms with Gasteiger partial charge in [0, 0.05) is 5.02 Å². The zero-order valence-corrected chi connectivity index (χ0v) is 17.1. The van der Waals surface area contributed by atoms with E-state index in [1.165, 1.54) is 18.2 Å². The third-order valence-electron chi connectivity index (χ3n) is 4.70. The molecule has 2 atom stereocenters. The van der Waals surface area contributed by atoms with Gasteiger partial charge in [0.15, 0.2) is 12.1 Å². The molecule has 4 rings (SSSR count). The van der Waals surface area contributed by atoms with Crippen molar-refractivity contribution in [3.8, 4) is 5.75 Å². The molecule has 2 aliphatic rings. The van der Waals surface area contributed by atoms with E-state index in [1.807, 2.05) is 0 Å². The first-order chi connectivity index (χ1) is 14.4. The minimum atomic E-state index is -0.994. The summed E-state index contributed by atoms with van der Waals surface area (Å²) in [6, 6.07) is 9.17. The molecule has 0 spiro atoms. The van der Waals surface area contributed by atoms with Gasteiger partial charge in [-0.05, 0) is 42.5 Å². The molecule has 2 heterocycles. The maximum absolute atomic E-state index is 12.9. The quantitative estimate of drug-likeness (QED) is 0.709. The Morgan fingerprint density at radius 2 is 1.87 bits per heavy atom. The summed E-state index contributed by atoms with van der Waals surface area (Å²) in [5.41, 5.74) is 0.764. The highest BCUT2D eigenvalue weighted by Crippen LogP contribution is 2.32. The minimum Gasteiger partial charge on any atom is -0.497 e. The van der Waals surface area contributed by atoms with Crippen molar-refractivity contribution in [2.45, 2.75) is 12.1 Å². The molecule has 30 heavy (non-hydrogen) atoms. The van der Waals surface area contributed by atoms with Crippen LogP contribution in [0.1, 0.15) is 0 Å². The fraction of sp³-hybridized carbons (Fsp3) is 0.211. The van der Waals surface area contributed by atoms with Crippen LogP contribution in [-0.4, -0.2) is 48.5 Å². The summed E-state index contributed by atoms with van der Waals surface area (Å²) < 4.78 is 5.09. The van der Waals surface area contributed by atoms with Gasteiger partial charge in [0.1, 0.15) is 12.3 Å². The largest absolute Gasteiger partial charge is 0.497 e. The maximum Gasteiger partial charge on any atom is 0.263 e. The number of rotatable bonds is 5. The second kappa shape index (κ2) is 7.92. The summed E-state index contributed by atoms with van der Waals surface area (Å²) in [5.74, 6) is -0.876. The lowest BCUT2D eigenvalue weighted by atomic mass is 10.1. The summed E-state index contributed by atoms with van der Waals surface area (Å²) >= 11 is 11.9. The maximum atomic E-state index is 12.9. The SMILES string of the molecule is COc1ccc(N2C(=O)[C@@H]3[C@@H](N=NN3CC(=O)Nc3ccc(Cl)cc3Cl)C2=O)cc1. The number of anilines is 2. The lowest BCUT2D eigenvalue weighted by Crippen LogP contribution is -2.43. The van der Waals surface area contributed by atoms with Gasteiger partial charge in [0.2, 0.25) is 5.91 Å². The molecular formula is C19H15Cl2N5O4. The van der Waals surface area contributed by atoms with E-state index in [4.69, 9.17) is 27.9 Å². The van der Waals surface area contributed by atoms with Gasteiger partial charge >= 0.3 is 0 Å². The number of carbonyl (C=O) groups excluding carboxylic acids is 3. The summed E-state index contributed by atoms with van der Waals surface area (Å²) in [6.45, 7) is -0.279. The summed E-state index contributed by atoms with van der Waals surface area (Å²) in [4.78, 5) is 39.1. The molecule has 2 aromatic carbocycles. The van der Waals surface area contributed by atoms with Crippen LogP contribution in [-0.2, 0) is 14.4 Å². The van der Waals surface area contributed by atoms with E-state index >= 15 is 0 Å². The van der Waals surface area contributed by atoms with Crippen molar-refractivity contribution in [3.63, 3.8) is 0 Å². The smallest absolute Gasteiger partial charge is 0.263 e. The predicted octanol–water partition coefficient (Wildman–Crippen LogP) is 2.93. The monoisotopic (exact) mass is 447 g/mol. The first kappa shape index (κ1) is 20.1. The Bertz CT molecular complexity index is 1060. The number of carbonyl (C=O) groups is 3. The van der Waals surface area contributed by atoms with Gasteiger partial charge in [-0.3, -0.25) is 19.4 Å². The molecule has 2 aromatic rings. The van der Waals surface area contributed by atoms with E-state index in [2.05, 4.69) is 15.7 Å². The minimum absolute atomic E-state index is 0.273. The molecule has 2 aliphatic heterocycles. The molecular weight excluding hydrogens is 433 g/mol. The van der Waals surface area contributed by atoms with Crippen LogP contribution in [0.5, 0.6) is 5.75 Å². The van der Waals surface area contributed by atoms with Crippen molar-refractivity contribution >= 4 is 52.3 Å². The fourth-order valence-corrected chi connectivity index (χ4v) is 3.72. The van der Waals surface area contributed by atoms with Crippen LogP contribution in [0.3, 0.4) is 0 Å². The zero-order chi connectivity index (χ0) is 21.4. The Morgan fingerprint density at radius 3 is 2.53 bits per heavy atom. The van der Waals surface area contributed by atoms with Crippen molar-refractivity contribution < 1.29 is 19.1 Å². The molecule has 1 N–H and O–H groups in total. The summed E-state index contributed by atoms with van der Waals surface area (Å²) in [5, 5.41) is 12.3. The Labute approximate surface area is 181 Å². The second-order valence-electron chi connectivity index (χ2n) is 6.57. The highest BCUT2D eigenvalue weighted by Gasteiger charge is 2.55. The Balaban J connectivity index is 1.48. The second-order valence-corrected chi connectivity index (χ2v) is 7.42. The molecule has 0 aliphatic carbocycles. The van der Waals surface area contributed by atoms with Crippen LogP contribution in [0.25, 0.3) is 0 Å². The number of hydrogen-bond acceptors (Lipinski definition) is 7. The van der Waals surface area contributed by atoms with Gasteiger partial charge in [0.05, 0.1) is 23.5 Å². The zero-order valence-electron chi connectivity index (χ0n) is 15.6. The number of methoxy groups -OCH3 is 1. The van der Waals surface area contributed by atoms with Gasteiger partial charge in [-0.25, -0.2) is 4.90 Å². The first-order valence-corrected chi connectivity index (χ1v) is 9.59. The van der Waals surface area contributed by atoms with E-state index in [-0.39, 0.29) is 11.6 Å². The molecule has 1 fully saturated rings. The third-order valence-corrected chi connectivity index (χ3v) is 5.25. The number of imide groups is 1. The van der Waals surface area contributed by atoms with E-state index < -0.39 is 29.8 Å².